The topological polar surface area (TPSA) is 62.0 Å². The van der Waals surface area contributed by atoms with Crippen LogP contribution in [-0.4, -0.2) is 10.9 Å². The van der Waals surface area contributed by atoms with E-state index < -0.39 is 11.7 Å². The molecule has 4 nitrogen and oxygen atoms in total. The van der Waals surface area contributed by atoms with Crippen molar-refractivity contribution in [2.24, 2.45) is 0 Å². The standard InChI is InChI=1S/C12H9FN2O2/c13-9-3-1-8(2-4-9)12(17)15-10-7-14-6-5-11(10)16/h1-7H,(H,14,16)(H,15,17). The third-order valence-corrected chi connectivity index (χ3v) is 2.18. The molecule has 1 amide bonds. The number of hydrogen-bond donors (Lipinski definition) is 2. The molecule has 0 aliphatic rings. The van der Waals surface area contributed by atoms with Crippen molar-refractivity contribution < 1.29 is 9.18 Å². The number of pyridine rings is 1. The molecular formula is C12H9FN2O2. The second-order valence-electron chi connectivity index (χ2n) is 3.38. The summed E-state index contributed by atoms with van der Waals surface area (Å²) in [6.07, 6.45) is 2.86. The number of halogens is 1. The van der Waals surface area contributed by atoms with Crippen molar-refractivity contribution in [2.45, 2.75) is 0 Å². The molecule has 17 heavy (non-hydrogen) atoms. The van der Waals surface area contributed by atoms with Crippen LogP contribution in [-0.2, 0) is 0 Å². The fourth-order valence-corrected chi connectivity index (χ4v) is 1.31. The number of nitrogens with one attached hydrogen (secondary N) is 2. The quantitative estimate of drug-likeness (QED) is 0.828. The van der Waals surface area contributed by atoms with Crippen molar-refractivity contribution in [3.63, 3.8) is 0 Å². The molecule has 0 saturated heterocycles. The van der Waals surface area contributed by atoms with Gasteiger partial charge >= 0.3 is 0 Å². The van der Waals surface area contributed by atoms with E-state index in [2.05, 4.69) is 10.3 Å². The zero-order valence-corrected chi connectivity index (χ0v) is 8.74. The Labute approximate surface area is 96.1 Å². The van der Waals surface area contributed by atoms with Gasteiger partial charge in [-0.2, -0.15) is 0 Å². The Hall–Kier alpha value is -2.43. The van der Waals surface area contributed by atoms with Crippen molar-refractivity contribution in [3.8, 4) is 0 Å². The van der Waals surface area contributed by atoms with Crippen LogP contribution in [0.15, 0.2) is 47.5 Å². The molecule has 0 saturated carbocycles. The molecule has 0 unspecified atom stereocenters. The Balaban J connectivity index is 2.20. The Morgan fingerprint density at radius 1 is 1.18 bits per heavy atom. The number of rotatable bonds is 2. The van der Waals surface area contributed by atoms with Crippen LogP contribution in [0.25, 0.3) is 0 Å². The molecule has 2 rings (SSSR count). The third kappa shape index (κ3) is 2.57. The lowest BCUT2D eigenvalue weighted by molar-refractivity contribution is 0.102. The van der Waals surface area contributed by atoms with Crippen LogP contribution in [0, 0.1) is 5.82 Å². The van der Waals surface area contributed by atoms with E-state index in [4.69, 9.17) is 0 Å². The van der Waals surface area contributed by atoms with Crippen LogP contribution in [0.1, 0.15) is 10.4 Å². The Bertz CT molecular complexity index is 590. The van der Waals surface area contributed by atoms with Crippen molar-refractivity contribution in [1.29, 1.82) is 0 Å². The number of amides is 1. The zero-order chi connectivity index (χ0) is 12.3. The van der Waals surface area contributed by atoms with E-state index in [0.717, 1.165) is 0 Å². The summed E-state index contributed by atoms with van der Waals surface area (Å²) in [5, 5.41) is 2.44. The predicted octanol–water partition coefficient (Wildman–Crippen LogP) is 1.77. The molecule has 5 heteroatoms. The van der Waals surface area contributed by atoms with E-state index in [9.17, 15) is 14.0 Å². The molecule has 0 bridgehead atoms. The van der Waals surface area contributed by atoms with Gasteiger partial charge in [-0.1, -0.05) is 0 Å². The highest BCUT2D eigenvalue weighted by Crippen LogP contribution is 2.05. The highest BCUT2D eigenvalue weighted by Gasteiger charge is 2.07. The van der Waals surface area contributed by atoms with Gasteiger partial charge in [0.15, 0.2) is 0 Å². The molecule has 86 valence electrons. The molecule has 0 radical (unpaired) electrons. The Kier molecular flexibility index (Phi) is 3.00. The van der Waals surface area contributed by atoms with Gasteiger partial charge in [-0.25, -0.2) is 4.39 Å². The second kappa shape index (κ2) is 4.61. The zero-order valence-electron chi connectivity index (χ0n) is 8.74. The highest BCUT2D eigenvalue weighted by molar-refractivity contribution is 6.04. The first-order valence-corrected chi connectivity index (χ1v) is 4.91. The Morgan fingerprint density at radius 2 is 1.88 bits per heavy atom. The average molecular weight is 232 g/mol. The largest absolute Gasteiger partial charge is 0.366 e. The van der Waals surface area contributed by atoms with Gasteiger partial charge in [-0.05, 0) is 24.3 Å². The van der Waals surface area contributed by atoms with Crippen molar-refractivity contribution in [1.82, 2.24) is 4.98 Å². The van der Waals surface area contributed by atoms with Gasteiger partial charge in [0.1, 0.15) is 11.5 Å². The summed E-state index contributed by atoms with van der Waals surface area (Å²) < 4.78 is 12.7. The van der Waals surface area contributed by atoms with Crippen LogP contribution >= 0.6 is 0 Å². The molecule has 0 atom stereocenters. The van der Waals surface area contributed by atoms with Crippen LogP contribution < -0.4 is 10.7 Å². The van der Waals surface area contributed by atoms with Gasteiger partial charge in [0.25, 0.3) is 5.91 Å². The highest BCUT2D eigenvalue weighted by atomic mass is 19.1. The van der Waals surface area contributed by atoms with E-state index >= 15 is 0 Å². The minimum absolute atomic E-state index is 0.154. The maximum absolute atomic E-state index is 12.7. The van der Waals surface area contributed by atoms with Crippen LogP contribution in [0.5, 0.6) is 0 Å². The summed E-state index contributed by atoms with van der Waals surface area (Å²) >= 11 is 0. The number of hydrogen-bond acceptors (Lipinski definition) is 2. The molecule has 1 heterocycles. The lowest BCUT2D eigenvalue weighted by Crippen LogP contribution is -2.17. The number of benzene rings is 1. The fourth-order valence-electron chi connectivity index (χ4n) is 1.31. The monoisotopic (exact) mass is 232 g/mol. The summed E-state index contributed by atoms with van der Waals surface area (Å²) in [4.78, 5) is 25.7. The van der Waals surface area contributed by atoms with Gasteiger partial charge in [0.05, 0.1) is 0 Å². The van der Waals surface area contributed by atoms with Crippen LogP contribution in [0.2, 0.25) is 0 Å². The van der Waals surface area contributed by atoms with Gasteiger partial charge in [0.2, 0.25) is 5.43 Å². The Morgan fingerprint density at radius 3 is 2.53 bits per heavy atom. The molecule has 2 N–H and O–H groups in total. The number of carbonyl (C=O) groups excluding carboxylic acids is 1. The molecule has 0 spiro atoms. The fraction of sp³-hybridized carbons (Fsp3) is 0. The summed E-state index contributed by atoms with van der Waals surface area (Å²) in [6.45, 7) is 0. The first kappa shape index (κ1) is 11.1. The van der Waals surface area contributed by atoms with E-state index in [-0.39, 0.29) is 16.7 Å². The molecule has 0 aliphatic heterocycles. The predicted molar refractivity (Wildman–Crippen MR) is 61.4 cm³/mol. The lowest BCUT2D eigenvalue weighted by Gasteiger charge is -2.03. The van der Waals surface area contributed by atoms with Gasteiger partial charge < -0.3 is 10.3 Å². The number of aromatic nitrogens is 1. The van der Waals surface area contributed by atoms with Gasteiger partial charge in [-0.15, -0.1) is 0 Å². The maximum Gasteiger partial charge on any atom is 0.255 e. The smallest absolute Gasteiger partial charge is 0.255 e. The van der Waals surface area contributed by atoms with Gasteiger partial charge in [-0.3, -0.25) is 9.59 Å². The molecule has 0 aliphatic carbocycles. The van der Waals surface area contributed by atoms with Gasteiger partial charge in [0, 0.05) is 24.0 Å². The molecule has 1 aromatic carbocycles. The van der Waals surface area contributed by atoms with Crippen molar-refractivity contribution in [2.75, 3.05) is 5.32 Å². The summed E-state index contributed by atoms with van der Waals surface area (Å²) in [5.41, 5.74) is 0.149. The third-order valence-electron chi connectivity index (χ3n) is 2.18. The second-order valence-corrected chi connectivity index (χ2v) is 3.38. The van der Waals surface area contributed by atoms with E-state index in [0.29, 0.717) is 0 Å². The minimum atomic E-state index is -0.457. The average Bonchev–Trinajstić information content (AvgIpc) is 2.33. The molecular weight excluding hydrogens is 223 g/mol. The number of anilines is 1. The van der Waals surface area contributed by atoms with Crippen LogP contribution in [0.4, 0.5) is 10.1 Å². The summed E-state index contributed by atoms with van der Waals surface area (Å²) in [7, 11) is 0. The lowest BCUT2D eigenvalue weighted by atomic mass is 10.2. The van der Waals surface area contributed by atoms with E-state index in [1.807, 2.05) is 0 Å². The first-order chi connectivity index (χ1) is 8.16. The first-order valence-electron chi connectivity index (χ1n) is 4.91. The molecule has 2 aromatic rings. The minimum Gasteiger partial charge on any atom is -0.366 e. The normalized spacial score (nSPS) is 9.94. The summed E-state index contributed by atoms with van der Waals surface area (Å²) in [6, 6.07) is 6.37. The maximum atomic E-state index is 12.7. The number of aromatic amines is 1. The SMILES string of the molecule is O=C(Nc1c[nH]ccc1=O)c1ccc(F)cc1. The van der Waals surface area contributed by atoms with E-state index in [1.54, 1.807) is 0 Å². The van der Waals surface area contributed by atoms with Crippen molar-refractivity contribution in [3.05, 3.63) is 64.3 Å². The van der Waals surface area contributed by atoms with Crippen molar-refractivity contribution >= 4 is 11.6 Å². The van der Waals surface area contributed by atoms with E-state index in [1.165, 1.54) is 42.7 Å². The molecule has 0 fully saturated rings. The molecule has 1 aromatic heterocycles. The number of carbonyl (C=O) groups is 1. The number of H-pyrrole nitrogens is 1. The van der Waals surface area contributed by atoms with Crippen LogP contribution in [0.3, 0.4) is 0 Å². The summed E-state index contributed by atoms with van der Waals surface area (Å²) in [5.74, 6) is -0.874.